The lowest BCUT2D eigenvalue weighted by Gasteiger charge is -2.05. The summed E-state index contributed by atoms with van der Waals surface area (Å²) in [6, 6.07) is 4.39. The summed E-state index contributed by atoms with van der Waals surface area (Å²) in [7, 11) is 0. The fourth-order valence-corrected chi connectivity index (χ4v) is 1.67. The minimum absolute atomic E-state index is 0.134. The molecule has 0 bridgehead atoms. The summed E-state index contributed by atoms with van der Waals surface area (Å²) in [6.45, 7) is 0. The van der Waals surface area contributed by atoms with E-state index in [1.807, 2.05) is 0 Å². The van der Waals surface area contributed by atoms with Gasteiger partial charge in [0.1, 0.15) is 11.4 Å². The largest absolute Gasteiger partial charge is 0.506 e. The van der Waals surface area contributed by atoms with Gasteiger partial charge in [0.15, 0.2) is 5.15 Å². The third kappa shape index (κ3) is 2.52. The van der Waals surface area contributed by atoms with Gasteiger partial charge in [-0.25, -0.2) is 18.7 Å². The van der Waals surface area contributed by atoms with Crippen molar-refractivity contribution in [3.05, 3.63) is 40.3 Å². The number of hydrogen-bond donors (Lipinski definition) is 1. The molecule has 0 spiro atoms. The van der Waals surface area contributed by atoms with Gasteiger partial charge in [0.25, 0.3) is 6.43 Å². The van der Waals surface area contributed by atoms with Crippen molar-refractivity contribution < 1.29 is 13.9 Å². The smallest absolute Gasteiger partial charge is 0.283 e. The van der Waals surface area contributed by atoms with Crippen molar-refractivity contribution in [3.63, 3.8) is 0 Å². The van der Waals surface area contributed by atoms with E-state index in [0.29, 0.717) is 5.56 Å². The molecule has 0 amide bonds. The average molecular weight is 291 g/mol. The molecule has 0 aliphatic rings. The summed E-state index contributed by atoms with van der Waals surface area (Å²) in [5, 5.41) is 9.26. The van der Waals surface area contributed by atoms with Crippen LogP contribution < -0.4 is 0 Å². The van der Waals surface area contributed by atoms with Gasteiger partial charge in [-0.1, -0.05) is 29.3 Å². The summed E-state index contributed by atoms with van der Waals surface area (Å²) in [6.07, 6.45) is -1.62. The lowest BCUT2D eigenvalue weighted by atomic mass is 10.1. The fraction of sp³-hybridized carbons (Fsp3) is 0.0909. The Labute approximate surface area is 111 Å². The van der Waals surface area contributed by atoms with Crippen molar-refractivity contribution in [3.8, 4) is 17.0 Å². The SMILES string of the molecule is Oc1cc(-c2cnc(C(F)F)c(Cl)n2)ccc1Cl. The second-order valence-corrected chi connectivity index (χ2v) is 4.16. The molecule has 0 unspecified atom stereocenters. The van der Waals surface area contributed by atoms with Crippen molar-refractivity contribution in [2.45, 2.75) is 6.43 Å². The van der Waals surface area contributed by atoms with Crippen LogP contribution in [0, 0.1) is 0 Å². The summed E-state index contributed by atoms with van der Waals surface area (Å²) >= 11 is 11.3. The lowest BCUT2D eigenvalue weighted by Crippen LogP contribution is -1.96. The van der Waals surface area contributed by atoms with Crippen LogP contribution in [-0.2, 0) is 0 Å². The maximum absolute atomic E-state index is 12.4. The topological polar surface area (TPSA) is 46.0 Å². The number of nitrogens with zero attached hydrogens (tertiary/aromatic N) is 2. The molecule has 18 heavy (non-hydrogen) atoms. The normalized spacial score (nSPS) is 10.9. The molecule has 7 heteroatoms. The quantitative estimate of drug-likeness (QED) is 0.906. The Morgan fingerprint density at radius 2 is 1.94 bits per heavy atom. The Balaban J connectivity index is 2.45. The molecule has 0 atom stereocenters. The van der Waals surface area contributed by atoms with Gasteiger partial charge in [0.2, 0.25) is 0 Å². The van der Waals surface area contributed by atoms with E-state index >= 15 is 0 Å². The molecule has 0 saturated carbocycles. The third-order valence-electron chi connectivity index (χ3n) is 2.20. The van der Waals surface area contributed by atoms with E-state index in [1.54, 1.807) is 6.07 Å². The van der Waals surface area contributed by atoms with Crippen molar-refractivity contribution in [1.29, 1.82) is 0 Å². The predicted octanol–water partition coefficient (Wildman–Crippen LogP) is 4.09. The van der Waals surface area contributed by atoms with Gasteiger partial charge in [-0.15, -0.1) is 0 Å². The molecule has 1 N–H and O–H groups in total. The summed E-state index contributed by atoms with van der Waals surface area (Å²) < 4.78 is 24.9. The summed E-state index contributed by atoms with van der Waals surface area (Å²) in [4.78, 5) is 7.35. The molecular weight excluding hydrogens is 285 g/mol. The first kappa shape index (κ1) is 13.0. The van der Waals surface area contributed by atoms with E-state index in [4.69, 9.17) is 23.2 Å². The monoisotopic (exact) mass is 290 g/mol. The second kappa shape index (κ2) is 5.04. The van der Waals surface area contributed by atoms with Crippen molar-refractivity contribution >= 4 is 23.2 Å². The average Bonchev–Trinajstić information content (AvgIpc) is 2.32. The van der Waals surface area contributed by atoms with Gasteiger partial charge in [-0.3, -0.25) is 0 Å². The zero-order valence-electron chi connectivity index (χ0n) is 8.74. The number of benzene rings is 1. The number of rotatable bonds is 2. The third-order valence-corrected chi connectivity index (χ3v) is 2.80. The Morgan fingerprint density at radius 3 is 2.50 bits per heavy atom. The Hall–Kier alpha value is -1.46. The number of aromatic hydroxyl groups is 1. The van der Waals surface area contributed by atoms with Crippen LogP contribution in [0.4, 0.5) is 8.78 Å². The van der Waals surface area contributed by atoms with Crippen molar-refractivity contribution in [2.24, 2.45) is 0 Å². The molecule has 1 aromatic heterocycles. The number of halogens is 4. The first-order valence-electron chi connectivity index (χ1n) is 4.78. The predicted molar refractivity (Wildman–Crippen MR) is 64.1 cm³/mol. The molecule has 0 fully saturated rings. The van der Waals surface area contributed by atoms with Crippen molar-refractivity contribution in [1.82, 2.24) is 9.97 Å². The van der Waals surface area contributed by atoms with Gasteiger partial charge in [0.05, 0.1) is 16.9 Å². The van der Waals surface area contributed by atoms with E-state index in [9.17, 15) is 13.9 Å². The molecule has 1 aromatic carbocycles. The van der Waals surface area contributed by atoms with Crippen LogP contribution in [0.5, 0.6) is 5.75 Å². The van der Waals surface area contributed by atoms with Crippen LogP contribution in [0.15, 0.2) is 24.4 Å². The highest BCUT2D eigenvalue weighted by molar-refractivity contribution is 6.32. The van der Waals surface area contributed by atoms with Gasteiger partial charge < -0.3 is 5.11 Å². The number of phenolic OH excluding ortho intramolecular Hbond substituents is 1. The van der Waals surface area contributed by atoms with Gasteiger partial charge >= 0.3 is 0 Å². The zero-order chi connectivity index (χ0) is 13.3. The highest BCUT2D eigenvalue weighted by Gasteiger charge is 2.16. The summed E-state index contributed by atoms with van der Waals surface area (Å²) in [5.41, 5.74) is 0.182. The van der Waals surface area contributed by atoms with Crippen LogP contribution in [0.2, 0.25) is 10.2 Å². The molecule has 3 nitrogen and oxygen atoms in total. The Kier molecular flexibility index (Phi) is 3.63. The molecule has 0 aliphatic heterocycles. The molecule has 0 saturated heterocycles. The van der Waals surface area contributed by atoms with Gasteiger partial charge in [-0.05, 0) is 12.1 Å². The highest BCUT2D eigenvalue weighted by atomic mass is 35.5. The van der Waals surface area contributed by atoms with Crippen LogP contribution in [-0.4, -0.2) is 15.1 Å². The molecule has 0 radical (unpaired) electrons. The van der Waals surface area contributed by atoms with E-state index < -0.39 is 12.1 Å². The highest BCUT2D eigenvalue weighted by Crippen LogP contribution is 2.30. The maximum Gasteiger partial charge on any atom is 0.283 e. The van der Waals surface area contributed by atoms with E-state index in [2.05, 4.69) is 9.97 Å². The zero-order valence-corrected chi connectivity index (χ0v) is 10.3. The molecule has 0 aliphatic carbocycles. The van der Waals surface area contributed by atoms with E-state index in [-0.39, 0.29) is 21.6 Å². The number of phenols is 1. The van der Waals surface area contributed by atoms with Gasteiger partial charge in [0, 0.05) is 5.56 Å². The molecule has 1 heterocycles. The Morgan fingerprint density at radius 1 is 1.22 bits per heavy atom. The fourth-order valence-electron chi connectivity index (χ4n) is 1.33. The first-order chi connectivity index (χ1) is 8.49. The minimum Gasteiger partial charge on any atom is -0.506 e. The van der Waals surface area contributed by atoms with Crippen LogP contribution >= 0.6 is 23.2 Å². The Bertz CT molecular complexity index is 593. The minimum atomic E-state index is -2.78. The van der Waals surface area contributed by atoms with Crippen molar-refractivity contribution in [2.75, 3.05) is 0 Å². The van der Waals surface area contributed by atoms with Crippen LogP contribution in [0.1, 0.15) is 12.1 Å². The molecule has 2 rings (SSSR count). The van der Waals surface area contributed by atoms with Crippen LogP contribution in [0.3, 0.4) is 0 Å². The molecule has 94 valence electrons. The first-order valence-corrected chi connectivity index (χ1v) is 5.54. The summed E-state index contributed by atoms with van der Waals surface area (Å²) in [5.74, 6) is -0.134. The lowest BCUT2D eigenvalue weighted by molar-refractivity contribution is 0.146. The number of aromatic nitrogens is 2. The second-order valence-electron chi connectivity index (χ2n) is 3.40. The maximum atomic E-state index is 12.4. The van der Waals surface area contributed by atoms with Gasteiger partial charge in [-0.2, -0.15) is 0 Å². The van der Waals surface area contributed by atoms with Crippen LogP contribution in [0.25, 0.3) is 11.3 Å². The molecular formula is C11H6Cl2F2N2O. The number of hydrogen-bond acceptors (Lipinski definition) is 3. The molecule has 2 aromatic rings. The van der Waals surface area contributed by atoms with E-state index in [0.717, 1.165) is 6.20 Å². The standard InChI is InChI=1S/C11H6Cl2F2N2O/c12-6-2-1-5(3-8(6)18)7-4-16-9(11(14)15)10(13)17-7/h1-4,11,18H. The number of alkyl halides is 2. The van der Waals surface area contributed by atoms with E-state index in [1.165, 1.54) is 12.1 Å².